The van der Waals surface area contributed by atoms with Gasteiger partial charge in [-0.25, -0.2) is 4.79 Å². The number of piperazine rings is 1. The lowest BCUT2D eigenvalue weighted by atomic mass is 10.0. The van der Waals surface area contributed by atoms with Crippen molar-refractivity contribution in [2.75, 3.05) is 19.6 Å². The van der Waals surface area contributed by atoms with Crippen molar-refractivity contribution < 1.29 is 34.2 Å². The number of nitrogens with two attached hydrogens (primary N) is 1. The summed E-state index contributed by atoms with van der Waals surface area (Å²) < 4.78 is 0. The van der Waals surface area contributed by atoms with Crippen molar-refractivity contribution in [1.29, 1.82) is 5.41 Å². The third-order valence-corrected chi connectivity index (χ3v) is 4.85. The topological polar surface area (TPSA) is 194 Å². The van der Waals surface area contributed by atoms with Crippen LogP contribution in [-0.2, 0) is 19.2 Å². The number of carboxylic acids is 2. The number of amides is 3. The van der Waals surface area contributed by atoms with Crippen LogP contribution in [0.3, 0.4) is 0 Å². The van der Waals surface area contributed by atoms with Crippen LogP contribution in [0.5, 0.6) is 0 Å². The SMILES string of the molecule is C[C@@H](C(=O)O)N1CCN(C(=O)c2ccc(C(=N)NC(=O)CN)cc2)[C@@H](CC(=O)O)C1=O.Cl. The van der Waals surface area contributed by atoms with E-state index in [1.165, 1.54) is 31.2 Å². The number of nitrogens with one attached hydrogen (secondary N) is 2. The minimum Gasteiger partial charge on any atom is -0.481 e. The number of carbonyl (C=O) groups excluding carboxylic acids is 3. The van der Waals surface area contributed by atoms with E-state index in [0.717, 1.165) is 9.80 Å². The van der Waals surface area contributed by atoms with E-state index in [1.54, 1.807) is 0 Å². The molecule has 6 N–H and O–H groups in total. The van der Waals surface area contributed by atoms with Crippen LogP contribution in [0.2, 0.25) is 0 Å². The Morgan fingerprint density at radius 1 is 1.16 bits per heavy atom. The molecule has 2 atom stereocenters. The van der Waals surface area contributed by atoms with E-state index in [1.807, 2.05) is 0 Å². The number of hydrogen-bond acceptors (Lipinski definition) is 7. The van der Waals surface area contributed by atoms with Crippen LogP contribution >= 0.6 is 12.4 Å². The maximum absolute atomic E-state index is 13.0. The first-order chi connectivity index (χ1) is 14.6. The van der Waals surface area contributed by atoms with Crippen LogP contribution in [0, 0.1) is 5.41 Å². The van der Waals surface area contributed by atoms with Gasteiger partial charge in [-0.15, -0.1) is 12.4 Å². The van der Waals surface area contributed by atoms with E-state index >= 15 is 0 Å². The van der Waals surface area contributed by atoms with E-state index in [9.17, 15) is 34.2 Å². The molecule has 1 aliphatic rings. The Hall–Kier alpha value is -3.51. The first-order valence-corrected chi connectivity index (χ1v) is 9.31. The molecule has 1 aromatic carbocycles. The monoisotopic (exact) mass is 469 g/mol. The van der Waals surface area contributed by atoms with Crippen LogP contribution < -0.4 is 11.1 Å². The fraction of sp³-hybridized carbons (Fsp3) is 0.368. The number of nitrogens with zero attached hydrogens (tertiary/aromatic N) is 2. The van der Waals surface area contributed by atoms with E-state index in [-0.39, 0.29) is 43.4 Å². The smallest absolute Gasteiger partial charge is 0.326 e. The molecule has 3 amide bonds. The van der Waals surface area contributed by atoms with E-state index < -0.39 is 48.2 Å². The molecule has 12 nitrogen and oxygen atoms in total. The molecule has 1 aliphatic heterocycles. The number of carbonyl (C=O) groups is 5. The summed E-state index contributed by atoms with van der Waals surface area (Å²) in [6.07, 6.45) is -0.665. The van der Waals surface area contributed by atoms with Crippen molar-refractivity contribution in [1.82, 2.24) is 15.1 Å². The van der Waals surface area contributed by atoms with Gasteiger partial charge in [0.2, 0.25) is 11.8 Å². The van der Waals surface area contributed by atoms with E-state index in [2.05, 4.69) is 5.32 Å². The molecule has 1 saturated heterocycles. The highest BCUT2D eigenvalue weighted by molar-refractivity contribution is 6.07. The number of amidine groups is 1. The fourth-order valence-electron chi connectivity index (χ4n) is 3.14. The molecule has 13 heteroatoms. The Labute approximate surface area is 189 Å². The minimum absolute atomic E-state index is 0. The number of carboxylic acid groups (broad SMARTS) is 2. The number of benzene rings is 1. The largest absolute Gasteiger partial charge is 0.481 e. The molecule has 0 bridgehead atoms. The Balaban J connectivity index is 0.00000512. The molecule has 2 rings (SSSR count). The molecule has 1 aromatic rings. The maximum atomic E-state index is 13.0. The van der Waals surface area contributed by atoms with Gasteiger partial charge >= 0.3 is 11.9 Å². The average Bonchev–Trinajstić information content (AvgIpc) is 2.73. The van der Waals surface area contributed by atoms with Gasteiger partial charge in [0.25, 0.3) is 5.91 Å². The maximum Gasteiger partial charge on any atom is 0.326 e. The summed E-state index contributed by atoms with van der Waals surface area (Å²) in [7, 11) is 0. The minimum atomic E-state index is -1.35. The van der Waals surface area contributed by atoms with E-state index in [4.69, 9.17) is 11.1 Å². The summed E-state index contributed by atoms with van der Waals surface area (Å²) in [5.41, 5.74) is 5.64. The van der Waals surface area contributed by atoms with Gasteiger partial charge in [-0.05, 0) is 19.1 Å². The molecule has 0 spiro atoms. The highest BCUT2D eigenvalue weighted by atomic mass is 35.5. The van der Waals surface area contributed by atoms with Gasteiger partial charge in [-0.3, -0.25) is 24.6 Å². The highest BCUT2D eigenvalue weighted by Crippen LogP contribution is 2.20. The second-order valence-corrected chi connectivity index (χ2v) is 6.86. The van der Waals surface area contributed by atoms with Crippen molar-refractivity contribution in [3.8, 4) is 0 Å². The van der Waals surface area contributed by atoms with Crippen molar-refractivity contribution in [2.24, 2.45) is 5.73 Å². The van der Waals surface area contributed by atoms with Crippen molar-refractivity contribution in [3.05, 3.63) is 35.4 Å². The molecule has 174 valence electrons. The third kappa shape index (κ3) is 6.02. The van der Waals surface area contributed by atoms with Gasteiger partial charge in [0.1, 0.15) is 17.9 Å². The molecule has 0 aliphatic carbocycles. The normalized spacial score (nSPS) is 16.6. The van der Waals surface area contributed by atoms with Crippen LogP contribution in [0.1, 0.15) is 29.3 Å². The summed E-state index contributed by atoms with van der Waals surface area (Å²) in [5.74, 6) is -4.65. The first-order valence-electron chi connectivity index (χ1n) is 9.31. The van der Waals surface area contributed by atoms with Crippen LogP contribution in [0.4, 0.5) is 0 Å². The Morgan fingerprint density at radius 3 is 2.22 bits per heavy atom. The zero-order valence-corrected chi connectivity index (χ0v) is 17.9. The number of halogens is 1. The zero-order chi connectivity index (χ0) is 23.3. The lowest BCUT2D eigenvalue weighted by molar-refractivity contribution is -0.156. The van der Waals surface area contributed by atoms with Crippen molar-refractivity contribution in [3.63, 3.8) is 0 Å². The summed E-state index contributed by atoms with van der Waals surface area (Å²) >= 11 is 0. The quantitative estimate of drug-likeness (QED) is 0.250. The molecule has 0 saturated carbocycles. The van der Waals surface area contributed by atoms with Gasteiger partial charge in [0.15, 0.2) is 0 Å². The van der Waals surface area contributed by atoms with Crippen LogP contribution in [-0.4, -0.2) is 87.2 Å². The van der Waals surface area contributed by atoms with E-state index in [0.29, 0.717) is 5.56 Å². The zero-order valence-electron chi connectivity index (χ0n) is 17.1. The third-order valence-electron chi connectivity index (χ3n) is 4.85. The van der Waals surface area contributed by atoms with Gasteiger partial charge < -0.3 is 31.1 Å². The second-order valence-electron chi connectivity index (χ2n) is 6.86. The molecule has 0 aromatic heterocycles. The Kier molecular flexibility index (Phi) is 9.29. The molecular weight excluding hydrogens is 446 g/mol. The number of rotatable bonds is 7. The summed E-state index contributed by atoms with van der Waals surface area (Å²) in [6.45, 7) is 0.934. The second kappa shape index (κ2) is 11.2. The predicted molar refractivity (Wildman–Crippen MR) is 114 cm³/mol. The van der Waals surface area contributed by atoms with Crippen LogP contribution in [0.15, 0.2) is 24.3 Å². The Bertz CT molecular complexity index is 921. The number of aliphatic carboxylic acids is 2. The van der Waals surface area contributed by atoms with Crippen molar-refractivity contribution in [2.45, 2.75) is 25.4 Å². The van der Waals surface area contributed by atoms with Crippen LogP contribution in [0.25, 0.3) is 0 Å². The molecule has 32 heavy (non-hydrogen) atoms. The molecular formula is C19H24ClN5O7. The van der Waals surface area contributed by atoms with Gasteiger partial charge in [-0.1, -0.05) is 12.1 Å². The van der Waals surface area contributed by atoms with Gasteiger partial charge in [-0.2, -0.15) is 0 Å². The highest BCUT2D eigenvalue weighted by Gasteiger charge is 2.41. The summed E-state index contributed by atoms with van der Waals surface area (Å²) in [6, 6.07) is 3.11. The molecule has 0 unspecified atom stereocenters. The van der Waals surface area contributed by atoms with Crippen molar-refractivity contribution >= 4 is 47.9 Å². The Morgan fingerprint density at radius 2 is 1.72 bits per heavy atom. The average molecular weight is 470 g/mol. The number of hydrogen-bond donors (Lipinski definition) is 5. The standard InChI is InChI=1S/C19H23N5O7.ClH/c1-10(19(30)31)23-6-7-24(13(18(23)29)8-15(26)27)17(28)12-4-2-11(3-5-12)16(21)22-14(25)9-20;/h2-5,10,13H,6-9,20H2,1H3,(H,26,27)(H,30,31)(H2,21,22,25);1H/t10-,13-;/m0./s1. The lowest BCUT2D eigenvalue weighted by Crippen LogP contribution is -2.62. The molecule has 1 heterocycles. The molecule has 1 fully saturated rings. The fourth-order valence-corrected chi connectivity index (χ4v) is 3.14. The lowest BCUT2D eigenvalue weighted by Gasteiger charge is -2.41. The predicted octanol–water partition coefficient (Wildman–Crippen LogP) is -0.891. The summed E-state index contributed by atoms with van der Waals surface area (Å²) in [5, 5.41) is 28.5. The molecule has 0 radical (unpaired) electrons. The van der Waals surface area contributed by atoms with Gasteiger partial charge in [0, 0.05) is 24.2 Å². The van der Waals surface area contributed by atoms with Gasteiger partial charge in [0.05, 0.1) is 13.0 Å². The summed E-state index contributed by atoms with van der Waals surface area (Å²) in [4.78, 5) is 61.7. The first kappa shape index (κ1) is 26.5.